The van der Waals surface area contributed by atoms with Crippen LogP contribution in [0, 0.1) is 17.1 Å². The van der Waals surface area contributed by atoms with Crippen LogP contribution in [0.2, 0.25) is 0 Å². The van der Waals surface area contributed by atoms with Crippen LogP contribution in [0.25, 0.3) is 0 Å². The maximum absolute atomic E-state index is 13.6. The van der Waals surface area contributed by atoms with E-state index in [4.69, 9.17) is 10.4 Å². The first-order chi connectivity index (χ1) is 9.98. The van der Waals surface area contributed by atoms with Crippen molar-refractivity contribution in [2.75, 3.05) is 19.7 Å². The highest BCUT2D eigenvalue weighted by Crippen LogP contribution is 2.22. The zero-order chi connectivity index (χ0) is 15.9. The summed E-state index contributed by atoms with van der Waals surface area (Å²) in [5, 5.41) is 18.0. The number of aliphatic hydroxyl groups excluding tert-OH is 1. The molecule has 0 aliphatic carbocycles. The fraction of sp³-hybridized carbons (Fsp3) is 0.500. The monoisotopic (exact) mass is 314 g/mol. The van der Waals surface area contributed by atoms with Crippen LogP contribution in [0.4, 0.5) is 4.39 Å². The Bertz CT molecular complexity index is 611. The Morgan fingerprint density at radius 2 is 2.05 bits per heavy atom. The Labute approximate surface area is 124 Å². The van der Waals surface area contributed by atoms with Gasteiger partial charge in [-0.15, -0.1) is 0 Å². The van der Waals surface area contributed by atoms with Gasteiger partial charge in [-0.3, -0.25) is 0 Å². The minimum Gasteiger partial charge on any atom is -0.395 e. The van der Waals surface area contributed by atoms with Crippen molar-refractivity contribution in [3.8, 4) is 6.07 Å². The predicted octanol–water partition coefficient (Wildman–Crippen LogP) is 1.87. The number of aliphatic hydroxyl groups is 1. The van der Waals surface area contributed by atoms with Gasteiger partial charge < -0.3 is 5.11 Å². The average molecular weight is 314 g/mol. The lowest BCUT2D eigenvalue weighted by atomic mass is 10.2. The lowest BCUT2D eigenvalue weighted by molar-refractivity contribution is 0.252. The third-order valence-electron chi connectivity index (χ3n) is 3.07. The van der Waals surface area contributed by atoms with Gasteiger partial charge in [0.25, 0.3) is 0 Å². The zero-order valence-corrected chi connectivity index (χ0v) is 12.7. The quantitative estimate of drug-likeness (QED) is 0.743. The van der Waals surface area contributed by atoms with Crippen molar-refractivity contribution in [2.24, 2.45) is 0 Å². The van der Waals surface area contributed by atoms with E-state index in [0.717, 1.165) is 23.2 Å². The van der Waals surface area contributed by atoms with Gasteiger partial charge in [-0.05, 0) is 18.6 Å². The normalized spacial score (nSPS) is 11.6. The van der Waals surface area contributed by atoms with Crippen LogP contribution in [-0.2, 0) is 10.0 Å². The van der Waals surface area contributed by atoms with Crippen LogP contribution in [0.1, 0.15) is 31.7 Å². The summed E-state index contributed by atoms with van der Waals surface area (Å²) >= 11 is 0. The summed E-state index contributed by atoms with van der Waals surface area (Å²) in [6.45, 7) is 1.82. The van der Waals surface area contributed by atoms with Crippen molar-refractivity contribution in [3.63, 3.8) is 0 Å². The molecule has 0 saturated carbocycles. The number of rotatable bonds is 8. The maximum Gasteiger partial charge on any atom is 0.244 e. The van der Waals surface area contributed by atoms with Gasteiger partial charge in [0.05, 0.1) is 6.61 Å². The van der Waals surface area contributed by atoms with Crippen molar-refractivity contribution in [1.29, 1.82) is 5.26 Å². The second-order valence-electron chi connectivity index (χ2n) is 4.56. The molecule has 0 bridgehead atoms. The van der Waals surface area contributed by atoms with Gasteiger partial charge in [0.15, 0.2) is 0 Å². The molecule has 1 aromatic rings. The van der Waals surface area contributed by atoms with Gasteiger partial charge in [0.2, 0.25) is 10.0 Å². The number of sulfonamides is 1. The molecule has 1 aromatic carbocycles. The van der Waals surface area contributed by atoms with E-state index < -0.39 is 21.4 Å². The molecule has 21 heavy (non-hydrogen) atoms. The van der Waals surface area contributed by atoms with Crippen molar-refractivity contribution in [1.82, 2.24) is 4.31 Å². The number of hydrogen-bond acceptors (Lipinski definition) is 4. The average Bonchev–Trinajstić information content (AvgIpc) is 2.46. The molecule has 0 spiro atoms. The third kappa shape index (κ3) is 4.24. The Morgan fingerprint density at radius 1 is 1.33 bits per heavy atom. The van der Waals surface area contributed by atoms with Gasteiger partial charge in [-0.1, -0.05) is 25.8 Å². The van der Waals surface area contributed by atoms with E-state index in [1.54, 1.807) is 6.07 Å². The lowest BCUT2D eigenvalue weighted by Crippen LogP contribution is -2.35. The van der Waals surface area contributed by atoms with Crippen LogP contribution in [0.3, 0.4) is 0 Å². The first-order valence-electron chi connectivity index (χ1n) is 6.78. The van der Waals surface area contributed by atoms with Crippen molar-refractivity contribution < 1.29 is 17.9 Å². The van der Waals surface area contributed by atoms with Crippen LogP contribution < -0.4 is 0 Å². The first-order valence-corrected chi connectivity index (χ1v) is 8.22. The van der Waals surface area contributed by atoms with Crippen molar-refractivity contribution in [3.05, 3.63) is 29.6 Å². The molecule has 1 N–H and O–H groups in total. The highest BCUT2D eigenvalue weighted by Gasteiger charge is 2.27. The molecular formula is C14H19FN2O3S. The molecule has 0 saturated heterocycles. The van der Waals surface area contributed by atoms with Gasteiger partial charge in [0, 0.05) is 13.1 Å². The second kappa shape index (κ2) is 8.08. The van der Waals surface area contributed by atoms with Gasteiger partial charge in [-0.2, -0.15) is 9.57 Å². The largest absolute Gasteiger partial charge is 0.395 e. The summed E-state index contributed by atoms with van der Waals surface area (Å²) in [5.74, 6) is -0.865. The van der Waals surface area contributed by atoms with E-state index in [0.29, 0.717) is 6.42 Å². The Kier molecular flexibility index (Phi) is 6.75. The van der Waals surface area contributed by atoms with Gasteiger partial charge in [-0.25, -0.2) is 12.8 Å². The topological polar surface area (TPSA) is 81.4 Å². The highest BCUT2D eigenvalue weighted by molar-refractivity contribution is 7.89. The molecule has 7 heteroatoms. The zero-order valence-electron chi connectivity index (χ0n) is 11.9. The molecule has 1 rings (SSSR count). The van der Waals surface area contributed by atoms with Gasteiger partial charge >= 0.3 is 0 Å². The maximum atomic E-state index is 13.6. The molecule has 0 fully saturated rings. The molecule has 0 aromatic heterocycles. The minimum atomic E-state index is -4.00. The number of benzene rings is 1. The fourth-order valence-corrected chi connectivity index (χ4v) is 3.59. The number of nitriles is 1. The SMILES string of the molecule is CCCCCN(CCO)S(=O)(=O)c1cccc(F)c1C#N. The Hall–Kier alpha value is -1.49. The Balaban J connectivity index is 3.17. The molecule has 0 heterocycles. The van der Waals surface area contributed by atoms with E-state index in [2.05, 4.69) is 0 Å². The van der Waals surface area contributed by atoms with Crippen molar-refractivity contribution >= 4 is 10.0 Å². The first kappa shape index (κ1) is 17.6. The highest BCUT2D eigenvalue weighted by atomic mass is 32.2. The second-order valence-corrected chi connectivity index (χ2v) is 6.47. The fourth-order valence-electron chi connectivity index (χ4n) is 1.97. The van der Waals surface area contributed by atoms with E-state index >= 15 is 0 Å². The smallest absolute Gasteiger partial charge is 0.244 e. The van der Waals surface area contributed by atoms with E-state index in [1.165, 1.54) is 12.1 Å². The molecule has 0 atom stereocenters. The Morgan fingerprint density at radius 3 is 2.62 bits per heavy atom. The molecule has 0 radical (unpaired) electrons. The molecule has 0 aliphatic heterocycles. The summed E-state index contributed by atoms with van der Waals surface area (Å²) in [6.07, 6.45) is 2.43. The summed E-state index contributed by atoms with van der Waals surface area (Å²) in [4.78, 5) is -0.352. The van der Waals surface area contributed by atoms with Gasteiger partial charge in [0.1, 0.15) is 22.3 Å². The third-order valence-corrected chi connectivity index (χ3v) is 5.01. The molecule has 0 unspecified atom stereocenters. The van der Waals surface area contributed by atoms with Crippen LogP contribution in [0.15, 0.2) is 23.1 Å². The number of unbranched alkanes of at least 4 members (excludes halogenated alkanes) is 2. The molecular weight excluding hydrogens is 295 g/mol. The summed E-state index contributed by atoms with van der Waals surface area (Å²) < 4.78 is 39.8. The summed E-state index contributed by atoms with van der Waals surface area (Å²) in [5.41, 5.74) is -0.490. The number of hydrogen-bond donors (Lipinski definition) is 1. The van der Waals surface area contributed by atoms with Crippen molar-refractivity contribution in [2.45, 2.75) is 31.1 Å². The number of halogens is 1. The molecule has 5 nitrogen and oxygen atoms in total. The van der Waals surface area contributed by atoms with Crippen LogP contribution in [0.5, 0.6) is 0 Å². The predicted molar refractivity (Wildman–Crippen MR) is 76.5 cm³/mol. The standard InChI is InChI=1S/C14H19FN2O3S/c1-2-3-4-8-17(9-10-18)21(19,20)14-7-5-6-13(15)12(14)11-16/h5-7,18H,2-4,8-10H2,1H3. The van der Waals surface area contributed by atoms with E-state index in [-0.39, 0.29) is 24.6 Å². The van der Waals surface area contributed by atoms with E-state index in [1.807, 2.05) is 6.92 Å². The molecule has 0 aliphatic rings. The summed E-state index contributed by atoms with van der Waals surface area (Å²) in [7, 11) is -4.00. The van der Waals surface area contributed by atoms with E-state index in [9.17, 15) is 12.8 Å². The number of nitrogens with zero attached hydrogens (tertiary/aromatic N) is 2. The lowest BCUT2D eigenvalue weighted by Gasteiger charge is -2.21. The minimum absolute atomic E-state index is 0.0760. The molecule has 116 valence electrons. The van der Waals surface area contributed by atoms with Crippen LogP contribution in [-0.4, -0.2) is 37.5 Å². The molecule has 0 amide bonds. The summed E-state index contributed by atoms with van der Waals surface area (Å²) in [6, 6.07) is 5.10. The van der Waals surface area contributed by atoms with Crippen LogP contribution >= 0.6 is 0 Å².